The number of ether oxygens (including phenoxy) is 1. The molecule has 0 spiro atoms. The average Bonchev–Trinajstić information content (AvgIpc) is 2.58. The van der Waals surface area contributed by atoms with E-state index in [9.17, 15) is 9.18 Å². The minimum atomic E-state index is -0.323. The van der Waals surface area contributed by atoms with Crippen LogP contribution in [0.2, 0.25) is 5.02 Å². The zero-order valence-electron chi connectivity index (χ0n) is 12.9. The highest BCUT2D eigenvalue weighted by Crippen LogP contribution is 2.20. The van der Waals surface area contributed by atoms with Gasteiger partial charge in [-0.25, -0.2) is 4.39 Å². The van der Waals surface area contributed by atoms with Crippen LogP contribution in [-0.2, 0) is 16.1 Å². The smallest absolute Gasteiger partial charge is 0.242 e. The van der Waals surface area contributed by atoms with Crippen molar-refractivity contribution in [1.82, 2.24) is 15.1 Å². The van der Waals surface area contributed by atoms with Crippen molar-refractivity contribution in [3.05, 3.63) is 34.6 Å². The second kappa shape index (κ2) is 7.57. The molecule has 0 radical (unpaired) electrons. The number of piperazine rings is 1. The maximum atomic E-state index is 13.1. The molecule has 5 nitrogen and oxygen atoms in total. The van der Waals surface area contributed by atoms with Crippen molar-refractivity contribution in [2.45, 2.75) is 12.6 Å². The fourth-order valence-electron chi connectivity index (χ4n) is 2.96. The van der Waals surface area contributed by atoms with E-state index < -0.39 is 0 Å². The van der Waals surface area contributed by atoms with Gasteiger partial charge in [0.05, 0.1) is 13.2 Å². The van der Waals surface area contributed by atoms with E-state index in [0.29, 0.717) is 37.9 Å². The topological polar surface area (TPSA) is 44.8 Å². The lowest BCUT2D eigenvalue weighted by Gasteiger charge is -2.37. The predicted molar refractivity (Wildman–Crippen MR) is 85.9 cm³/mol. The molecule has 1 aromatic rings. The van der Waals surface area contributed by atoms with Crippen LogP contribution < -0.4 is 5.32 Å². The molecule has 7 heteroatoms. The summed E-state index contributed by atoms with van der Waals surface area (Å²) in [5.74, 6) is -0.208. The highest BCUT2D eigenvalue weighted by molar-refractivity contribution is 6.31. The fourth-order valence-corrected chi connectivity index (χ4v) is 3.19. The molecule has 1 aromatic carbocycles. The van der Waals surface area contributed by atoms with E-state index in [1.165, 1.54) is 12.1 Å². The van der Waals surface area contributed by atoms with Gasteiger partial charge in [-0.15, -0.1) is 0 Å². The SMILES string of the molecule is O=C([C@H]1COCCN1)N1CCN(Cc2ccc(F)cc2Cl)CC1. The van der Waals surface area contributed by atoms with E-state index in [-0.39, 0.29) is 17.8 Å². The van der Waals surface area contributed by atoms with Gasteiger partial charge in [0.25, 0.3) is 0 Å². The summed E-state index contributed by atoms with van der Waals surface area (Å²) in [7, 11) is 0. The number of nitrogens with one attached hydrogen (secondary N) is 1. The van der Waals surface area contributed by atoms with Gasteiger partial charge in [-0.05, 0) is 17.7 Å². The number of nitrogens with zero attached hydrogens (tertiary/aromatic N) is 2. The van der Waals surface area contributed by atoms with Gasteiger partial charge < -0.3 is 15.0 Å². The molecule has 2 heterocycles. The summed E-state index contributed by atoms with van der Waals surface area (Å²) in [4.78, 5) is 16.5. The molecule has 2 fully saturated rings. The van der Waals surface area contributed by atoms with Crippen LogP contribution >= 0.6 is 11.6 Å². The standard InChI is InChI=1S/C16H21ClFN3O2/c17-14-9-13(18)2-1-12(14)10-20-4-6-21(7-5-20)16(22)15-11-23-8-3-19-15/h1-2,9,15,19H,3-8,10-11H2/t15-/m1/s1. The molecule has 2 saturated heterocycles. The van der Waals surface area contributed by atoms with Crippen molar-refractivity contribution in [3.63, 3.8) is 0 Å². The lowest BCUT2D eigenvalue weighted by Crippen LogP contribution is -2.57. The van der Waals surface area contributed by atoms with Crippen LogP contribution in [0.3, 0.4) is 0 Å². The van der Waals surface area contributed by atoms with Crippen molar-refractivity contribution < 1.29 is 13.9 Å². The lowest BCUT2D eigenvalue weighted by molar-refractivity contribution is -0.138. The Hall–Kier alpha value is -1.21. The minimum absolute atomic E-state index is 0.115. The molecule has 3 rings (SSSR count). The largest absolute Gasteiger partial charge is 0.378 e. The van der Waals surface area contributed by atoms with E-state index in [2.05, 4.69) is 10.2 Å². The first kappa shape index (κ1) is 16.6. The molecule has 0 saturated carbocycles. The van der Waals surface area contributed by atoms with Crippen molar-refractivity contribution in [3.8, 4) is 0 Å². The Labute approximate surface area is 140 Å². The Morgan fingerprint density at radius 1 is 1.35 bits per heavy atom. The third kappa shape index (κ3) is 4.20. The van der Waals surface area contributed by atoms with E-state index in [1.807, 2.05) is 4.90 Å². The van der Waals surface area contributed by atoms with E-state index in [4.69, 9.17) is 16.3 Å². The molecule has 0 aromatic heterocycles. The first-order chi connectivity index (χ1) is 11.1. The average molecular weight is 342 g/mol. The number of benzene rings is 1. The number of morpholine rings is 1. The van der Waals surface area contributed by atoms with Crippen LogP contribution in [0.15, 0.2) is 18.2 Å². The number of halogens is 2. The first-order valence-corrected chi connectivity index (χ1v) is 8.27. The Kier molecular flexibility index (Phi) is 5.48. The summed E-state index contributed by atoms with van der Waals surface area (Å²) in [6, 6.07) is 4.27. The van der Waals surface area contributed by atoms with Gasteiger partial charge in [0.2, 0.25) is 5.91 Å². The zero-order valence-corrected chi connectivity index (χ0v) is 13.7. The van der Waals surface area contributed by atoms with E-state index in [0.717, 1.165) is 25.2 Å². The number of amides is 1. The quantitative estimate of drug-likeness (QED) is 0.894. The van der Waals surface area contributed by atoms with E-state index >= 15 is 0 Å². The van der Waals surface area contributed by atoms with Crippen LogP contribution in [0.1, 0.15) is 5.56 Å². The molecule has 23 heavy (non-hydrogen) atoms. The van der Waals surface area contributed by atoms with Crippen LogP contribution in [0, 0.1) is 5.82 Å². The molecule has 0 aliphatic carbocycles. The maximum Gasteiger partial charge on any atom is 0.242 e. The van der Waals surface area contributed by atoms with Crippen molar-refractivity contribution >= 4 is 17.5 Å². The number of hydrogen-bond donors (Lipinski definition) is 1. The summed E-state index contributed by atoms with van der Waals surface area (Å²) in [5, 5.41) is 3.65. The number of carbonyl (C=O) groups excluding carboxylic acids is 1. The molecule has 1 amide bonds. The molecular formula is C16H21ClFN3O2. The highest BCUT2D eigenvalue weighted by atomic mass is 35.5. The molecule has 0 bridgehead atoms. The van der Waals surface area contributed by atoms with Gasteiger partial charge in [0, 0.05) is 44.3 Å². The normalized spacial score (nSPS) is 23.0. The Balaban J connectivity index is 1.51. The van der Waals surface area contributed by atoms with Crippen molar-refractivity contribution in [2.24, 2.45) is 0 Å². The monoisotopic (exact) mass is 341 g/mol. The van der Waals surface area contributed by atoms with Gasteiger partial charge in [-0.2, -0.15) is 0 Å². The molecular weight excluding hydrogens is 321 g/mol. The van der Waals surface area contributed by atoms with Crippen molar-refractivity contribution in [2.75, 3.05) is 45.9 Å². The zero-order chi connectivity index (χ0) is 16.2. The van der Waals surface area contributed by atoms with Crippen LogP contribution in [0.4, 0.5) is 4.39 Å². The molecule has 0 unspecified atom stereocenters. The van der Waals surface area contributed by atoms with Gasteiger partial charge in [0.1, 0.15) is 11.9 Å². The van der Waals surface area contributed by atoms with Gasteiger partial charge in [-0.3, -0.25) is 9.69 Å². The van der Waals surface area contributed by atoms with Crippen LogP contribution in [0.25, 0.3) is 0 Å². The van der Waals surface area contributed by atoms with Crippen LogP contribution in [0.5, 0.6) is 0 Å². The van der Waals surface area contributed by atoms with Gasteiger partial charge in [-0.1, -0.05) is 17.7 Å². The molecule has 1 atom stereocenters. The number of rotatable bonds is 3. The molecule has 2 aliphatic heterocycles. The van der Waals surface area contributed by atoms with Crippen molar-refractivity contribution in [1.29, 1.82) is 0 Å². The Bertz CT molecular complexity index is 558. The third-order valence-electron chi connectivity index (χ3n) is 4.31. The van der Waals surface area contributed by atoms with Crippen LogP contribution in [-0.4, -0.2) is 67.7 Å². The predicted octanol–water partition coefficient (Wildman–Crippen LogP) is 1.11. The second-order valence-corrected chi connectivity index (χ2v) is 6.33. The second-order valence-electron chi connectivity index (χ2n) is 5.92. The van der Waals surface area contributed by atoms with E-state index in [1.54, 1.807) is 6.07 Å². The first-order valence-electron chi connectivity index (χ1n) is 7.89. The van der Waals surface area contributed by atoms with Gasteiger partial charge in [0.15, 0.2) is 0 Å². The Morgan fingerprint density at radius 2 is 2.13 bits per heavy atom. The van der Waals surface area contributed by atoms with Gasteiger partial charge >= 0.3 is 0 Å². The summed E-state index contributed by atoms with van der Waals surface area (Å²) in [6.45, 7) is 5.46. The molecule has 126 valence electrons. The third-order valence-corrected chi connectivity index (χ3v) is 4.66. The molecule has 1 N–H and O–H groups in total. The maximum absolute atomic E-state index is 13.1. The fraction of sp³-hybridized carbons (Fsp3) is 0.562. The summed E-state index contributed by atoms with van der Waals surface area (Å²) >= 11 is 6.08. The number of hydrogen-bond acceptors (Lipinski definition) is 4. The summed E-state index contributed by atoms with van der Waals surface area (Å²) in [6.07, 6.45) is 0. The lowest BCUT2D eigenvalue weighted by atomic mass is 10.1. The molecule has 2 aliphatic rings. The summed E-state index contributed by atoms with van der Waals surface area (Å²) in [5.41, 5.74) is 0.912. The number of carbonyl (C=O) groups is 1. The summed E-state index contributed by atoms with van der Waals surface area (Å²) < 4.78 is 18.4. The minimum Gasteiger partial charge on any atom is -0.378 e. The highest BCUT2D eigenvalue weighted by Gasteiger charge is 2.28. The Morgan fingerprint density at radius 3 is 2.78 bits per heavy atom.